The second-order valence-electron chi connectivity index (χ2n) is 6.05. The number of nitrogens with one attached hydrogen (secondary N) is 2. The van der Waals surface area contributed by atoms with Crippen LogP contribution in [-0.2, 0) is 0 Å². The van der Waals surface area contributed by atoms with Crippen LogP contribution in [0.2, 0.25) is 0 Å². The van der Waals surface area contributed by atoms with Gasteiger partial charge in [-0.05, 0) is 6.42 Å². The zero-order valence-corrected chi connectivity index (χ0v) is 14.3. The first kappa shape index (κ1) is 19.9. The Balaban J connectivity index is 2.89. The lowest BCUT2D eigenvalue weighted by molar-refractivity contribution is 0.504. The van der Waals surface area contributed by atoms with Gasteiger partial charge in [0.1, 0.15) is 0 Å². The van der Waals surface area contributed by atoms with Crippen molar-refractivity contribution >= 4 is 0 Å². The third-order valence-electron chi connectivity index (χ3n) is 3.96. The maximum Gasteiger partial charge on any atom is 0.00997 e. The van der Waals surface area contributed by atoms with E-state index in [1.807, 2.05) is 0 Å². The van der Waals surface area contributed by atoms with E-state index in [9.17, 15) is 0 Å². The Bertz CT molecular complexity index is 141. The summed E-state index contributed by atoms with van der Waals surface area (Å²) < 4.78 is 0. The standard InChI is InChI=1S/C18H40N2/c1-3-5-6-7-8-9-10-11-12-13-14-15-16-17-18-20-19-4-2/h19-20H,3-18H2,1-2H3. The molecule has 2 N–H and O–H groups in total. The molecule has 0 rings (SSSR count). The third-order valence-corrected chi connectivity index (χ3v) is 3.96. The van der Waals surface area contributed by atoms with Gasteiger partial charge in [0.05, 0.1) is 0 Å². The maximum atomic E-state index is 3.23. The normalized spacial score (nSPS) is 11.1. The van der Waals surface area contributed by atoms with Crippen LogP contribution in [0.5, 0.6) is 0 Å². The van der Waals surface area contributed by atoms with E-state index in [1.54, 1.807) is 0 Å². The molecular weight excluding hydrogens is 244 g/mol. The van der Waals surface area contributed by atoms with Crippen LogP contribution < -0.4 is 10.9 Å². The first-order valence-corrected chi connectivity index (χ1v) is 9.37. The molecule has 0 aliphatic heterocycles. The van der Waals surface area contributed by atoms with Gasteiger partial charge in [-0.2, -0.15) is 0 Å². The molecule has 0 unspecified atom stereocenters. The van der Waals surface area contributed by atoms with Crippen molar-refractivity contribution in [3.63, 3.8) is 0 Å². The maximum absolute atomic E-state index is 3.23. The lowest BCUT2D eigenvalue weighted by Crippen LogP contribution is -2.31. The summed E-state index contributed by atoms with van der Waals surface area (Å²) in [6.07, 6.45) is 20.1. The zero-order valence-electron chi connectivity index (χ0n) is 14.3. The Morgan fingerprint density at radius 3 is 1.25 bits per heavy atom. The van der Waals surface area contributed by atoms with Crippen LogP contribution >= 0.6 is 0 Å². The van der Waals surface area contributed by atoms with Gasteiger partial charge in [0.25, 0.3) is 0 Å². The molecule has 0 aliphatic rings. The van der Waals surface area contributed by atoms with Crippen molar-refractivity contribution < 1.29 is 0 Å². The molecule has 0 aromatic rings. The lowest BCUT2D eigenvalue weighted by atomic mass is 10.0. The average Bonchev–Trinajstić information content (AvgIpc) is 2.47. The first-order valence-electron chi connectivity index (χ1n) is 9.37. The molecule has 0 aromatic carbocycles. The summed E-state index contributed by atoms with van der Waals surface area (Å²) in [7, 11) is 0. The topological polar surface area (TPSA) is 24.1 Å². The smallest absolute Gasteiger partial charge is 0.00997 e. The van der Waals surface area contributed by atoms with Gasteiger partial charge in [0.2, 0.25) is 0 Å². The molecule has 0 spiro atoms. The van der Waals surface area contributed by atoms with Crippen molar-refractivity contribution in [3.8, 4) is 0 Å². The molecule has 0 saturated heterocycles. The summed E-state index contributed by atoms with van der Waals surface area (Å²) in [4.78, 5) is 0. The molecule has 0 aromatic heterocycles. The van der Waals surface area contributed by atoms with Gasteiger partial charge >= 0.3 is 0 Å². The molecule has 20 heavy (non-hydrogen) atoms. The monoisotopic (exact) mass is 284 g/mol. The van der Waals surface area contributed by atoms with E-state index in [2.05, 4.69) is 24.7 Å². The summed E-state index contributed by atoms with van der Waals surface area (Å²) in [5, 5.41) is 0. The van der Waals surface area contributed by atoms with E-state index in [0.29, 0.717) is 0 Å². The van der Waals surface area contributed by atoms with Crippen LogP contribution in [0, 0.1) is 0 Å². The Morgan fingerprint density at radius 2 is 0.850 bits per heavy atom. The minimum atomic E-state index is 1.01. The Labute approximate surface area is 128 Å². The fourth-order valence-corrected chi connectivity index (χ4v) is 2.62. The van der Waals surface area contributed by atoms with Crippen LogP contribution in [0.3, 0.4) is 0 Å². The van der Waals surface area contributed by atoms with E-state index in [1.165, 1.54) is 89.9 Å². The van der Waals surface area contributed by atoms with E-state index < -0.39 is 0 Å². The summed E-state index contributed by atoms with van der Waals surface area (Å²) in [5.41, 5.74) is 6.37. The number of rotatable bonds is 17. The van der Waals surface area contributed by atoms with Crippen molar-refractivity contribution in [2.75, 3.05) is 13.1 Å². The highest BCUT2D eigenvalue weighted by Crippen LogP contribution is 2.12. The third kappa shape index (κ3) is 17.9. The van der Waals surface area contributed by atoms with Crippen LogP contribution in [0.25, 0.3) is 0 Å². The molecule has 0 fully saturated rings. The SMILES string of the molecule is CCCCCCCCCCCCCCCCNNCC. The van der Waals surface area contributed by atoms with Crippen LogP contribution in [-0.4, -0.2) is 13.1 Å². The Hall–Kier alpha value is -0.0800. The van der Waals surface area contributed by atoms with Gasteiger partial charge in [0.15, 0.2) is 0 Å². The van der Waals surface area contributed by atoms with Gasteiger partial charge in [-0.3, -0.25) is 10.9 Å². The molecule has 2 nitrogen and oxygen atoms in total. The average molecular weight is 285 g/mol. The second-order valence-corrected chi connectivity index (χ2v) is 6.05. The van der Waals surface area contributed by atoms with Crippen molar-refractivity contribution in [2.24, 2.45) is 0 Å². The van der Waals surface area contributed by atoms with E-state index in [-0.39, 0.29) is 0 Å². The molecule has 0 heterocycles. The summed E-state index contributed by atoms with van der Waals surface area (Å²) in [6, 6.07) is 0. The first-order chi connectivity index (χ1) is 9.91. The number of hydrogen-bond donors (Lipinski definition) is 2. The van der Waals surface area contributed by atoms with E-state index in [0.717, 1.165) is 13.1 Å². The van der Waals surface area contributed by atoms with Crippen LogP contribution in [0.4, 0.5) is 0 Å². The summed E-state index contributed by atoms with van der Waals surface area (Å²) in [5.74, 6) is 0. The van der Waals surface area contributed by atoms with E-state index >= 15 is 0 Å². The highest BCUT2D eigenvalue weighted by molar-refractivity contribution is 4.50. The quantitative estimate of drug-likeness (QED) is 0.269. The molecule has 0 saturated carbocycles. The predicted octanol–water partition coefficient (Wildman–Crippen LogP) is 5.58. The van der Waals surface area contributed by atoms with E-state index in [4.69, 9.17) is 0 Å². The Kier molecular flexibility index (Phi) is 18.8. The fourth-order valence-electron chi connectivity index (χ4n) is 2.62. The largest absolute Gasteiger partial charge is 0.258 e. The molecule has 122 valence electrons. The number of hydrogen-bond acceptors (Lipinski definition) is 2. The van der Waals surface area contributed by atoms with Crippen LogP contribution in [0.15, 0.2) is 0 Å². The molecule has 0 atom stereocenters. The number of unbranched alkanes of at least 4 members (excludes halogenated alkanes) is 13. The molecule has 0 aliphatic carbocycles. The zero-order chi connectivity index (χ0) is 14.7. The van der Waals surface area contributed by atoms with Gasteiger partial charge in [-0.1, -0.05) is 97.3 Å². The number of hydrazine groups is 1. The predicted molar refractivity (Wildman–Crippen MR) is 92.0 cm³/mol. The van der Waals surface area contributed by atoms with Crippen molar-refractivity contribution in [1.29, 1.82) is 0 Å². The van der Waals surface area contributed by atoms with Gasteiger partial charge < -0.3 is 0 Å². The van der Waals surface area contributed by atoms with Gasteiger partial charge in [-0.25, -0.2) is 0 Å². The highest BCUT2D eigenvalue weighted by Gasteiger charge is 1.93. The molecular formula is C18H40N2. The minimum absolute atomic E-state index is 1.01. The molecule has 2 heteroatoms. The lowest BCUT2D eigenvalue weighted by Gasteiger charge is -2.05. The van der Waals surface area contributed by atoms with Gasteiger partial charge in [-0.15, -0.1) is 0 Å². The van der Waals surface area contributed by atoms with Gasteiger partial charge in [0, 0.05) is 13.1 Å². The molecule has 0 amide bonds. The van der Waals surface area contributed by atoms with Crippen LogP contribution in [0.1, 0.15) is 104 Å². The van der Waals surface area contributed by atoms with Crippen molar-refractivity contribution in [2.45, 2.75) is 104 Å². The molecule has 0 radical (unpaired) electrons. The van der Waals surface area contributed by atoms with Crippen molar-refractivity contribution in [3.05, 3.63) is 0 Å². The highest BCUT2D eigenvalue weighted by atomic mass is 15.3. The Morgan fingerprint density at radius 1 is 0.450 bits per heavy atom. The molecule has 0 bridgehead atoms. The summed E-state index contributed by atoms with van der Waals surface area (Å²) >= 11 is 0. The second kappa shape index (κ2) is 18.9. The fraction of sp³-hybridized carbons (Fsp3) is 1.00. The minimum Gasteiger partial charge on any atom is -0.258 e. The van der Waals surface area contributed by atoms with Crippen molar-refractivity contribution in [1.82, 2.24) is 10.9 Å². The summed E-state index contributed by atoms with van der Waals surface area (Å²) in [6.45, 7) is 6.54.